The van der Waals surface area contributed by atoms with Crippen LogP contribution in [0.15, 0.2) is 29.0 Å². The van der Waals surface area contributed by atoms with Crippen LogP contribution in [0.2, 0.25) is 0 Å². The topological polar surface area (TPSA) is 66.9 Å². The van der Waals surface area contributed by atoms with Crippen molar-refractivity contribution in [2.45, 2.75) is 32.7 Å². The van der Waals surface area contributed by atoms with Crippen LogP contribution in [0.1, 0.15) is 26.7 Å². The van der Waals surface area contributed by atoms with E-state index in [2.05, 4.69) is 43.5 Å². The lowest BCUT2D eigenvalue weighted by atomic mass is 10.2. The minimum atomic E-state index is -0.348. The van der Waals surface area contributed by atoms with Gasteiger partial charge in [0.05, 0.1) is 5.52 Å². The fourth-order valence-electron chi connectivity index (χ4n) is 1.96. The molecular formula is C15H19BrN4O. The predicted octanol–water partition coefficient (Wildman–Crippen LogP) is 3.11. The minimum absolute atomic E-state index is 0.0230. The maximum atomic E-state index is 12.0. The van der Waals surface area contributed by atoms with Crippen molar-refractivity contribution < 1.29 is 4.79 Å². The van der Waals surface area contributed by atoms with Crippen molar-refractivity contribution in [3.05, 3.63) is 29.0 Å². The van der Waals surface area contributed by atoms with Crippen LogP contribution in [0.5, 0.6) is 0 Å². The zero-order valence-corrected chi connectivity index (χ0v) is 13.8. The van der Waals surface area contributed by atoms with E-state index in [1.807, 2.05) is 25.1 Å². The number of hydrogen-bond donors (Lipinski definition) is 2. The number of fused-ring (bicyclic) bond motifs is 1. The molecule has 0 saturated heterocycles. The number of amides is 1. The quantitative estimate of drug-likeness (QED) is 0.785. The third-order valence-electron chi connectivity index (χ3n) is 3.17. The van der Waals surface area contributed by atoms with Gasteiger partial charge in [-0.3, -0.25) is 4.79 Å². The highest BCUT2D eigenvalue weighted by atomic mass is 79.9. The maximum Gasteiger partial charge on any atom is 0.242 e. The molecule has 1 amide bonds. The van der Waals surface area contributed by atoms with Crippen LogP contribution in [-0.4, -0.2) is 28.5 Å². The average Bonchev–Trinajstić information content (AvgIpc) is 2.48. The first-order chi connectivity index (χ1) is 10.1. The predicted molar refractivity (Wildman–Crippen MR) is 88.2 cm³/mol. The number of halogens is 1. The summed E-state index contributed by atoms with van der Waals surface area (Å²) in [4.78, 5) is 20.5. The smallest absolute Gasteiger partial charge is 0.242 e. The molecule has 1 aromatic carbocycles. The van der Waals surface area contributed by atoms with E-state index in [4.69, 9.17) is 0 Å². The molecule has 0 saturated carbocycles. The maximum absolute atomic E-state index is 12.0. The fraction of sp³-hybridized carbons (Fsp3) is 0.400. The highest BCUT2D eigenvalue weighted by Gasteiger charge is 2.14. The van der Waals surface area contributed by atoms with Crippen molar-refractivity contribution in [1.82, 2.24) is 15.3 Å². The number of carbonyl (C=O) groups is 1. The molecule has 2 rings (SSSR count). The number of aromatic nitrogens is 2. The summed E-state index contributed by atoms with van der Waals surface area (Å²) < 4.78 is 0.952. The standard InChI is InChI=1S/C15H19BrN4O/c1-3-4-7-17-15(21)10(2)20-14-12-8-11(16)5-6-13(12)18-9-19-14/h5-6,8-10H,3-4,7H2,1-2H3,(H,17,21)(H,18,19,20). The van der Waals surface area contributed by atoms with Crippen molar-refractivity contribution in [2.24, 2.45) is 0 Å². The van der Waals surface area contributed by atoms with Crippen LogP contribution in [0.4, 0.5) is 5.82 Å². The van der Waals surface area contributed by atoms with E-state index in [9.17, 15) is 4.79 Å². The van der Waals surface area contributed by atoms with E-state index in [1.54, 1.807) is 0 Å². The SMILES string of the molecule is CCCCNC(=O)C(C)Nc1ncnc2ccc(Br)cc12. The lowest BCUT2D eigenvalue weighted by Crippen LogP contribution is -2.38. The Morgan fingerprint density at radius 2 is 2.19 bits per heavy atom. The fourth-order valence-corrected chi connectivity index (χ4v) is 2.32. The average molecular weight is 351 g/mol. The number of hydrogen-bond acceptors (Lipinski definition) is 4. The number of benzene rings is 1. The Hall–Kier alpha value is -1.69. The second-order valence-corrected chi connectivity index (χ2v) is 5.81. The molecule has 0 aliphatic rings. The van der Waals surface area contributed by atoms with Crippen molar-refractivity contribution in [1.29, 1.82) is 0 Å². The molecule has 2 N–H and O–H groups in total. The van der Waals surface area contributed by atoms with E-state index in [0.29, 0.717) is 12.4 Å². The van der Waals surface area contributed by atoms with Crippen molar-refractivity contribution >= 4 is 38.6 Å². The summed E-state index contributed by atoms with van der Waals surface area (Å²) >= 11 is 3.44. The Morgan fingerprint density at radius 1 is 1.38 bits per heavy atom. The van der Waals surface area contributed by atoms with Crippen LogP contribution >= 0.6 is 15.9 Å². The number of rotatable bonds is 6. The lowest BCUT2D eigenvalue weighted by Gasteiger charge is -2.15. The minimum Gasteiger partial charge on any atom is -0.358 e. The van der Waals surface area contributed by atoms with Gasteiger partial charge in [0, 0.05) is 16.4 Å². The number of carbonyl (C=O) groups excluding carboxylic acids is 1. The highest BCUT2D eigenvalue weighted by Crippen LogP contribution is 2.23. The first-order valence-electron chi connectivity index (χ1n) is 7.06. The Bertz CT molecular complexity index is 632. The number of nitrogens with one attached hydrogen (secondary N) is 2. The summed E-state index contributed by atoms with van der Waals surface area (Å²) in [6, 6.07) is 5.44. The molecule has 1 atom stereocenters. The summed E-state index contributed by atoms with van der Waals surface area (Å²) in [5, 5.41) is 6.95. The van der Waals surface area contributed by atoms with Gasteiger partial charge in [-0.2, -0.15) is 0 Å². The third kappa shape index (κ3) is 4.14. The van der Waals surface area contributed by atoms with Crippen molar-refractivity contribution in [2.75, 3.05) is 11.9 Å². The molecule has 0 spiro atoms. The zero-order chi connectivity index (χ0) is 15.2. The molecule has 21 heavy (non-hydrogen) atoms. The summed E-state index contributed by atoms with van der Waals surface area (Å²) in [6.45, 7) is 4.63. The van der Waals surface area contributed by atoms with Gasteiger partial charge in [0.15, 0.2) is 0 Å². The van der Waals surface area contributed by atoms with Gasteiger partial charge in [-0.1, -0.05) is 29.3 Å². The van der Waals surface area contributed by atoms with E-state index in [1.165, 1.54) is 6.33 Å². The lowest BCUT2D eigenvalue weighted by molar-refractivity contribution is -0.121. The van der Waals surface area contributed by atoms with Gasteiger partial charge in [-0.05, 0) is 31.5 Å². The van der Waals surface area contributed by atoms with Gasteiger partial charge in [0.25, 0.3) is 0 Å². The second kappa shape index (κ2) is 7.36. The van der Waals surface area contributed by atoms with Gasteiger partial charge in [-0.15, -0.1) is 0 Å². The van der Waals surface area contributed by atoms with Gasteiger partial charge >= 0.3 is 0 Å². The Kier molecular flexibility index (Phi) is 5.50. The molecule has 112 valence electrons. The first-order valence-corrected chi connectivity index (χ1v) is 7.85. The number of unbranched alkanes of at least 4 members (excludes halogenated alkanes) is 1. The molecule has 1 heterocycles. The largest absolute Gasteiger partial charge is 0.358 e. The number of nitrogens with zero attached hydrogens (tertiary/aromatic N) is 2. The van der Waals surface area contributed by atoms with Crippen LogP contribution < -0.4 is 10.6 Å². The molecule has 1 unspecified atom stereocenters. The second-order valence-electron chi connectivity index (χ2n) is 4.89. The Morgan fingerprint density at radius 3 is 2.95 bits per heavy atom. The van der Waals surface area contributed by atoms with Gasteiger partial charge in [0.1, 0.15) is 18.2 Å². The Balaban J connectivity index is 2.12. The third-order valence-corrected chi connectivity index (χ3v) is 3.67. The Labute approximate surface area is 132 Å². The van der Waals surface area contributed by atoms with Gasteiger partial charge < -0.3 is 10.6 Å². The molecule has 0 radical (unpaired) electrons. The molecule has 0 bridgehead atoms. The molecule has 6 heteroatoms. The normalized spacial score (nSPS) is 12.1. The van der Waals surface area contributed by atoms with Crippen LogP contribution in [-0.2, 0) is 4.79 Å². The molecule has 0 fully saturated rings. The molecule has 5 nitrogen and oxygen atoms in total. The monoisotopic (exact) mass is 350 g/mol. The van der Waals surface area contributed by atoms with Crippen molar-refractivity contribution in [3.8, 4) is 0 Å². The van der Waals surface area contributed by atoms with Gasteiger partial charge in [0.2, 0.25) is 5.91 Å². The molecule has 2 aromatic rings. The van der Waals surface area contributed by atoms with Crippen LogP contribution in [0.3, 0.4) is 0 Å². The number of anilines is 1. The molecule has 1 aromatic heterocycles. The van der Waals surface area contributed by atoms with E-state index in [0.717, 1.165) is 28.2 Å². The van der Waals surface area contributed by atoms with Crippen molar-refractivity contribution in [3.63, 3.8) is 0 Å². The first kappa shape index (κ1) is 15.7. The van der Waals surface area contributed by atoms with Gasteiger partial charge in [-0.25, -0.2) is 9.97 Å². The van der Waals surface area contributed by atoms with E-state index < -0.39 is 0 Å². The zero-order valence-electron chi connectivity index (χ0n) is 12.2. The van der Waals surface area contributed by atoms with Crippen LogP contribution in [0.25, 0.3) is 10.9 Å². The van der Waals surface area contributed by atoms with E-state index >= 15 is 0 Å². The molecule has 0 aliphatic carbocycles. The highest BCUT2D eigenvalue weighted by molar-refractivity contribution is 9.10. The summed E-state index contributed by atoms with van der Waals surface area (Å²) in [6.07, 6.45) is 3.55. The molecular weight excluding hydrogens is 332 g/mol. The summed E-state index contributed by atoms with van der Waals surface area (Å²) in [5.41, 5.74) is 0.842. The summed E-state index contributed by atoms with van der Waals surface area (Å²) in [5.74, 6) is 0.643. The van der Waals surface area contributed by atoms with Crippen LogP contribution in [0, 0.1) is 0 Å². The molecule has 0 aliphatic heterocycles. The van der Waals surface area contributed by atoms with E-state index in [-0.39, 0.29) is 11.9 Å². The summed E-state index contributed by atoms with van der Waals surface area (Å²) in [7, 11) is 0.